The van der Waals surface area contributed by atoms with Crippen molar-refractivity contribution in [2.45, 2.75) is 22.9 Å². The lowest BCUT2D eigenvalue weighted by Crippen LogP contribution is -2.50. The van der Waals surface area contributed by atoms with E-state index < -0.39 is 52.5 Å². The summed E-state index contributed by atoms with van der Waals surface area (Å²) in [7, 11) is -4.36. The molecule has 24 heavy (non-hydrogen) atoms. The van der Waals surface area contributed by atoms with Gasteiger partial charge in [0.05, 0.1) is 10.5 Å². The molecule has 1 aliphatic heterocycles. The van der Waals surface area contributed by atoms with E-state index in [0.717, 1.165) is 24.3 Å². The van der Waals surface area contributed by atoms with Gasteiger partial charge in [0, 0.05) is 13.0 Å². The molecule has 0 unspecified atom stereocenters. The number of sulfonamides is 1. The fraction of sp³-hybridized carbons (Fsp3) is 0.308. The second-order valence-corrected chi connectivity index (χ2v) is 7.29. The van der Waals surface area contributed by atoms with Crippen LogP contribution in [0.15, 0.2) is 29.2 Å². The minimum Gasteiger partial charge on any atom is -0.480 e. The fourth-order valence-electron chi connectivity index (χ4n) is 2.42. The molecule has 0 spiro atoms. The number of carboxylic acid groups (broad SMARTS) is 3. The number of nitrogens with zero attached hydrogens (tertiary/aromatic N) is 1. The number of carbonyl (C=O) groups is 3. The van der Waals surface area contributed by atoms with Crippen LogP contribution in [0.25, 0.3) is 0 Å². The maximum atomic E-state index is 12.6. The van der Waals surface area contributed by atoms with Gasteiger partial charge in [-0.25, -0.2) is 13.2 Å². The Hall–Kier alpha value is -2.50. The van der Waals surface area contributed by atoms with E-state index in [4.69, 9.17) is 15.9 Å². The molecule has 1 aromatic carbocycles. The Balaban J connectivity index is 2.44. The summed E-state index contributed by atoms with van der Waals surface area (Å²) in [6, 6.07) is 2.49. The Morgan fingerprint density at radius 3 is 2.08 bits per heavy atom. The van der Waals surface area contributed by atoms with Crippen LogP contribution in [-0.4, -0.2) is 64.1 Å². The molecule has 0 saturated carbocycles. The zero-order chi connectivity index (χ0) is 18.3. The highest BCUT2D eigenvalue weighted by Crippen LogP contribution is 2.31. The maximum Gasteiger partial charge on any atom is 0.335 e. The van der Waals surface area contributed by atoms with E-state index in [1.54, 1.807) is 0 Å². The van der Waals surface area contributed by atoms with Crippen LogP contribution in [0.3, 0.4) is 0 Å². The molecule has 10 nitrogen and oxygen atoms in total. The van der Waals surface area contributed by atoms with Crippen molar-refractivity contribution in [1.29, 1.82) is 0 Å². The van der Waals surface area contributed by atoms with Crippen molar-refractivity contribution in [2.75, 3.05) is 6.54 Å². The van der Waals surface area contributed by atoms with Crippen molar-refractivity contribution in [3.63, 3.8) is 0 Å². The Morgan fingerprint density at radius 2 is 1.67 bits per heavy atom. The number of hydrogen-bond donors (Lipinski definition) is 4. The molecule has 0 radical (unpaired) electrons. The van der Waals surface area contributed by atoms with Crippen LogP contribution in [0, 0.1) is 0 Å². The standard InChI is InChI=1S/C13H14N2O8S/c14-13(12(20)21)5-9(11(18)19)15(6-13)24(22,23)8-3-1-7(2-4-8)10(16)17/h1-4,9H,5-6,14H2,(H,16,17)(H,18,19)(H,20,21)/t9-,13-/m0/s1. The predicted octanol–water partition coefficient (Wildman–Crippen LogP) is -0.985. The quantitative estimate of drug-likeness (QED) is 0.515. The molecule has 1 saturated heterocycles. The average Bonchev–Trinajstić information content (AvgIpc) is 2.88. The van der Waals surface area contributed by atoms with Crippen molar-refractivity contribution in [3.8, 4) is 0 Å². The molecule has 1 aromatic rings. The second kappa shape index (κ2) is 5.85. The Kier molecular flexibility index (Phi) is 4.35. The van der Waals surface area contributed by atoms with Gasteiger partial charge in [-0.1, -0.05) is 0 Å². The monoisotopic (exact) mass is 358 g/mol. The topological polar surface area (TPSA) is 175 Å². The molecule has 2 atom stereocenters. The summed E-state index contributed by atoms with van der Waals surface area (Å²) < 4.78 is 25.7. The molecule has 1 heterocycles. The highest BCUT2D eigenvalue weighted by atomic mass is 32.2. The summed E-state index contributed by atoms with van der Waals surface area (Å²) in [5.41, 5.74) is 3.45. The first-order chi connectivity index (χ1) is 11.0. The molecular formula is C13H14N2O8S. The van der Waals surface area contributed by atoms with Gasteiger partial charge in [-0.05, 0) is 24.3 Å². The average molecular weight is 358 g/mol. The van der Waals surface area contributed by atoms with Crippen LogP contribution in [0.5, 0.6) is 0 Å². The van der Waals surface area contributed by atoms with Gasteiger partial charge in [0.2, 0.25) is 10.0 Å². The smallest absolute Gasteiger partial charge is 0.335 e. The van der Waals surface area contributed by atoms with Crippen molar-refractivity contribution < 1.29 is 38.1 Å². The third-order valence-electron chi connectivity index (χ3n) is 3.76. The van der Waals surface area contributed by atoms with Crippen molar-refractivity contribution >= 4 is 27.9 Å². The molecule has 0 amide bonds. The van der Waals surface area contributed by atoms with Crippen LogP contribution in [-0.2, 0) is 19.6 Å². The van der Waals surface area contributed by atoms with Crippen LogP contribution in [0.1, 0.15) is 16.8 Å². The van der Waals surface area contributed by atoms with Gasteiger partial charge in [-0.3, -0.25) is 9.59 Å². The van der Waals surface area contributed by atoms with E-state index in [-0.39, 0.29) is 10.5 Å². The zero-order valence-electron chi connectivity index (χ0n) is 12.1. The number of aliphatic carboxylic acids is 2. The first kappa shape index (κ1) is 17.8. The number of nitrogens with two attached hydrogens (primary N) is 1. The molecule has 1 fully saturated rings. The van der Waals surface area contributed by atoms with Gasteiger partial charge in [0.1, 0.15) is 11.6 Å². The van der Waals surface area contributed by atoms with E-state index in [9.17, 15) is 27.9 Å². The summed E-state index contributed by atoms with van der Waals surface area (Å²) in [6.45, 7) is -0.706. The zero-order valence-corrected chi connectivity index (χ0v) is 12.9. The Labute approximate surface area is 136 Å². The molecule has 5 N–H and O–H groups in total. The molecule has 0 bridgehead atoms. The van der Waals surface area contributed by atoms with Crippen LogP contribution in [0.4, 0.5) is 0 Å². The molecule has 0 aromatic heterocycles. The maximum absolute atomic E-state index is 12.6. The highest BCUT2D eigenvalue weighted by molar-refractivity contribution is 7.89. The first-order valence-corrected chi connectivity index (χ1v) is 8.03. The third kappa shape index (κ3) is 2.96. The van der Waals surface area contributed by atoms with Gasteiger partial charge in [0.25, 0.3) is 0 Å². The molecule has 2 rings (SSSR count). The van der Waals surface area contributed by atoms with Gasteiger partial charge in [0.15, 0.2) is 0 Å². The molecule has 130 valence electrons. The highest BCUT2D eigenvalue weighted by Gasteiger charge is 2.53. The van der Waals surface area contributed by atoms with Crippen LogP contribution >= 0.6 is 0 Å². The summed E-state index contributed by atoms with van der Waals surface area (Å²) in [4.78, 5) is 33.0. The number of benzene rings is 1. The van der Waals surface area contributed by atoms with E-state index in [2.05, 4.69) is 0 Å². The van der Waals surface area contributed by atoms with Crippen LogP contribution < -0.4 is 5.73 Å². The summed E-state index contributed by atoms with van der Waals surface area (Å²) >= 11 is 0. The summed E-state index contributed by atoms with van der Waals surface area (Å²) in [5.74, 6) is -4.28. The minimum atomic E-state index is -4.36. The third-order valence-corrected chi connectivity index (χ3v) is 5.63. The lowest BCUT2D eigenvalue weighted by molar-refractivity contribution is -0.142. The SMILES string of the molecule is N[C@@]1(C(=O)O)C[C@@H](C(=O)O)N(S(=O)(=O)c2ccc(C(=O)O)cc2)C1. The van der Waals surface area contributed by atoms with Gasteiger partial charge in [-0.2, -0.15) is 4.31 Å². The van der Waals surface area contributed by atoms with Crippen molar-refractivity contribution in [3.05, 3.63) is 29.8 Å². The van der Waals surface area contributed by atoms with E-state index in [1.807, 2.05) is 0 Å². The summed E-state index contributed by atoms with van der Waals surface area (Å²) in [5, 5.41) is 27.1. The Bertz CT molecular complexity index is 804. The lowest BCUT2D eigenvalue weighted by Gasteiger charge is -2.21. The second-order valence-electron chi connectivity index (χ2n) is 5.40. The minimum absolute atomic E-state index is 0.149. The van der Waals surface area contributed by atoms with Crippen LogP contribution in [0.2, 0.25) is 0 Å². The lowest BCUT2D eigenvalue weighted by atomic mass is 9.98. The number of hydrogen-bond acceptors (Lipinski definition) is 6. The normalized spacial score (nSPS) is 24.6. The largest absolute Gasteiger partial charge is 0.480 e. The molecule has 0 aliphatic carbocycles. The number of rotatable bonds is 5. The Morgan fingerprint density at radius 1 is 1.12 bits per heavy atom. The molecular weight excluding hydrogens is 344 g/mol. The number of aromatic carboxylic acids is 1. The fourth-order valence-corrected chi connectivity index (χ4v) is 4.07. The van der Waals surface area contributed by atoms with Crippen molar-refractivity contribution in [1.82, 2.24) is 4.31 Å². The number of carboxylic acids is 3. The predicted molar refractivity (Wildman–Crippen MR) is 77.9 cm³/mol. The summed E-state index contributed by atoms with van der Waals surface area (Å²) in [6.07, 6.45) is -0.579. The first-order valence-electron chi connectivity index (χ1n) is 6.59. The van der Waals surface area contributed by atoms with Gasteiger partial charge < -0.3 is 21.1 Å². The molecule has 11 heteroatoms. The van der Waals surface area contributed by atoms with E-state index in [1.165, 1.54) is 0 Å². The van der Waals surface area contributed by atoms with Crippen molar-refractivity contribution in [2.24, 2.45) is 5.73 Å². The van der Waals surface area contributed by atoms with E-state index >= 15 is 0 Å². The molecule has 1 aliphatic rings. The van der Waals surface area contributed by atoms with Gasteiger partial charge in [-0.15, -0.1) is 0 Å². The van der Waals surface area contributed by atoms with Gasteiger partial charge >= 0.3 is 17.9 Å². The van der Waals surface area contributed by atoms with E-state index in [0.29, 0.717) is 4.31 Å².